The maximum Gasteiger partial charge on any atom is 0.137 e. The lowest BCUT2D eigenvalue weighted by molar-refractivity contribution is 0.660. The van der Waals surface area contributed by atoms with Gasteiger partial charge in [-0.1, -0.05) is 184 Å². The fraction of sp³-hybridized carbons (Fsp3) is 0.0571. The number of rotatable bonds is 7. The Morgan fingerprint density at radius 2 is 0.986 bits per heavy atom. The Labute approximate surface area is 425 Å². The van der Waals surface area contributed by atoms with E-state index in [4.69, 9.17) is 4.42 Å². The minimum absolute atomic E-state index is 0.152. The zero-order chi connectivity index (χ0) is 48.4. The minimum Gasteiger partial charge on any atom is -0.456 e. The van der Waals surface area contributed by atoms with E-state index >= 15 is 0 Å². The highest BCUT2D eigenvalue weighted by atomic mass is 16.3. The molecule has 1 aliphatic heterocycles. The van der Waals surface area contributed by atoms with E-state index in [1.807, 2.05) is 6.07 Å². The first-order valence-corrected chi connectivity index (χ1v) is 25.4. The van der Waals surface area contributed by atoms with Gasteiger partial charge in [0, 0.05) is 50.6 Å². The summed E-state index contributed by atoms with van der Waals surface area (Å²) in [5, 5.41) is 2.24. The number of nitrogens with zero attached hydrogens (tertiary/aromatic N) is 2. The van der Waals surface area contributed by atoms with Gasteiger partial charge < -0.3 is 14.2 Å². The van der Waals surface area contributed by atoms with Gasteiger partial charge in [-0.05, 0) is 151 Å². The molecule has 2 aliphatic carbocycles. The lowest BCUT2D eigenvalue weighted by Crippen LogP contribution is -2.35. The van der Waals surface area contributed by atoms with Gasteiger partial charge in [-0.15, -0.1) is 0 Å². The van der Waals surface area contributed by atoms with Crippen molar-refractivity contribution in [3.05, 3.63) is 288 Å². The molecule has 12 aromatic rings. The standard InChI is InChI=1S/C70H48N2O/c1-69(2)59-28-14-12-25-53(59)54-39-37-51(43-61(54)69)71(52-38-40-56-55-26-13-17-32-65(55)73-66(56)44-52)50-35-33-45(34-36-50)47-41-58(46-19-6-3-7-20-46)67-57-27-18-31-64-68(57)70(62(67)42-47,48-21-8-4-9-22-48)60-29-15-16-30-63(60)72(64)49-23-10-5-11-24-49/h3-44H,1-2H3. The highest BCUT2D eigenvalue weighted by Gasteiger charge is 2.53. The second-order valence-corrected chi connectivity index (χ2v) is 20.4. The molecule has 0 bridgehead atoms. The van der Waals surface area contributed by atoms with Gasteiger partial charge in [-0.3, -0.25) is 0 Å². The molecule has 0 saturated carbocycles. The van der Waals surface area contributed by atoms with Gasteiger partial charge >= 0.3 is 0 Å². The van der Waals surface area contributed by atoms with E-state index in [1.165, 1.54) is 83.7 Å². The second kappa shape index (κ2) is 15.7. The van der Waals surface area contributed by atoms with Crippen LogP contribution in [0.3, 0.4) is 0 Å². The third-order valence-electron chi connectivity index (χ3n) is 16.2. The fourth-order valence-electron chi connectivity index (χ4n) is 13.0. The minimum atomic E-state index is -0.600. The quantitative estimate of drug-likeness (QED) is 0.159. The molecule has 1 atom stereocenters. The Bertz CT molecular complexity index is 4170. The van der Waals surface area contributed by atoms with Crippen molar-refractivity contribution in [1.82, 2.24) is 0 Å². The van der Waals surface area contributed by atoms with Gasteiger partial charge in [0.15, 0.2) is 0 Å². The average Bonchev–Trinajstić information content (AvgIpc) is 4.06. The van der Waals surface area contributed by atoms with Gasteiger partial charge in [-0.2, -0.15) is 0 Å². The molecular formula is C70H48N2O. The molecule has 0 spiro atoms. The molecule has 0 amide bonds. The van der Waals surface area contributed by atoms with Crippen LogP contribution in [0.4, 0.5) is 34.1 Å². The van der Waals surface area contributed by atoms with Gasteiger partial charge in [0.05, 0.1) is 16.8 Å². The summed E-state index contributed by atoms with van der Waals surface area (Å²) in [5.74, 6) is 0. The number of hydrogen-bond donors (Lipinski definition) is 0. The van der Waals surface area contributed by atoms with Crippen LogP contribution in [-0.2, 0) is 10.8 Å². The molecule has 3 nitrogen and oxygen atoms in total. The maximum atomic E-state index is 6.54. The van der Waals surface area contributed by atoms with Crippen LogP contribution in [0, 0.1) is 0 Å². The van der Waals surface area contributed by atoms with Crippen molar-refractivity contribution in [2.24, 2.45) is 0 Å². The molecule has 2 heterocycles. The summed E-state index contributed by atoms with van der Waals surface area (Å²) in [6.07, 6.45) is 0. The Morgan fingerprint density at radius 3 is 1.81 bits per heavy atom. The number of fused-ring (bicyclic) bond motifs is 11. The largest absolute Gasteiger partial charge is 0.456 e. The van der Waals surface area contributed by atoms with E-state index in [9.17, 15) is 0 Å². The van der Waals surface area contributed by atoms with Crippen LogP contribution in [0.5, 0.6) is 0 Å². The Hall–Kier alpha value is -9.18. The summed E-state index contributed by atoms with van der Waals surface area (Å²) in [6.45, 7) is 4.71. The van der Waals surface area contributed by atoms with Crippen LogP contribution in [0.25, 0.3) is 66.4 Å². The molecule has 3 aliphatic rings. The SMILES string of the molecule is CC1(C)c2ccccc2-c2ccc(N(c3ccc(-c4cc(-c5ccccc5)c5c(c4)C4(c6ccccc6)c6ccccc6N(c6ccccc6)c6cccc-5c64)cc3)c3ccc4c(c3)oc3ccccc34)cc21. The Kier molecular flexibility index (Phi) is 8.92. The van der Waals surface area contributed by atoms with Crippen molar-refractivity contribution in [2.45, 2.75) is 24.7 Å². The lowest BCUT2D eigenvalue weighted by atomic mass is 9.64. The van der Waals surface area contributed by atoms with E-state index in [0.717, 1.165) is 50.3 Å². The first-order chi connectivity index (χ1) is 36.0. The van der Waals surface area contributed by atoms with Crippen LogP contribution in [0.1, 0.15) is 47.2 Å². The number of hydrogen-bond acceptors (Lipinski definition) is 3. The molecule has 344 valence electrons. The smallest absolute Gasteiger partial charge is 0.137 e. The first kappa shape index (κ1) is 41.6. The molecule has 0 N–H and O–H groups in total. The van der Waals surface area contributed by atoms with Crippen molar-refractivity contribution in [3.8, 4) is 44.5 Å². The molecule has 73 heavy (non-hydrogen) atoms. The van der Waals surface area contributed by atoms with E-state index in [-0.39, 0.29) is 5.41 Å². The predicted molar refractivity (Wildman–Crippen MR) is 302 cm³/mol. The first-order valence-electron chi connectivity index (χ1n) is 25.4. The van der Waals surface area contributed by atoms with Crippen LogP contribution in [0.2, 0.25) is 0 Å². The van der Waals surface area contributed by atoms with E-state index in [0.29, 0.717) is 0 Å². The summed E-state index contributed by atoms with van der Waals surface area (Å²) in [5.41, 5.74) is 25.5. The number of anilines is 6. The van der Waals surface area contributed by atoms with Crippen LogP contribution in [0.15, 0.2) is 259 Å². The highest BCUT2D eigenvalue weighted by molar-refractivity contribution is 6.07. The topological polar surface area (TPSA) is 19.6 Å². The zero-order valence-corrected chi connectivity index (χ0v) is 40.6. The fourth-order valence-corrected chi connectivity index (χ4v) is 13.0. The monoisotopic (exact) mass is 932 g/mol. The molecule has 15 rings (SSSR count). The van der Waals surface area contributed by atoms with Crippen LogP contribution in [-0.4, -0.2) is 0 Å². The van der Waals surface area contributed by atoms with Crippen molar-refractivity contribution in [2.75, 3.05) is 9.80 Å². The summed E-state index contributed by atoms with van der Waals surface area (Å²) < 4.78 is 6.54. The maximum absolute atomic E-state index is 6.54. The van der Waals surface area contributed by atoms with E-state index in [2.05, 4.69) is 272 Å². The van der Waals surface area contributed by atoms with Crippen molar-refractivity contribution >= 4 is 56.1 Å². The summed E-state index contributed by atoms with van der Waals surface area (Å²) in [7, 11) is 0. The number of para-hydroxylation sites is 3. The summed E-state index contributed by atoms with van der Waals surface area (Å²) in [6, 6.07) is 94.2. The third kappa shape index (κ3) is 5.94. The van der Waals surface area contributed by atoms with E-state index < -0.39 is 5.41 Å². The van der Waals surface area contributed by atoms with Crippen LogP contribution < -0.4 is 9.80 Å². The lowest BCUT2D eigenvalue weighted by Gasteiger charge is -2.44. The van der Waals surface area contributed by atoms with Crippen molar-refractivity contribution < 1.29 is 4.42 Å². The third-order valence-corrected chi connectivity index (χ3v) is 16.2. The van der Waals surface area contributed by atoms with Gasteiger partial charge in [0.1, 0.15) is 11.2 Å². The van der Waals surface area contributed by atoms with Crippen LogP contribution >= 0.6 is 0 Å². The molecule has 3 heteroatoms. The normalized spacial score (nSPS) is 15.4. The molecule has 11 aromatic carbocycles. The van der Waals surface area contributed by atoms with Gasteiger partial charge in [0.2, 0.25) is 0 Å². The molecule has 0 fully saturated rings. The van der Waals surface area contributed by atoms with Crippen molar-refractivity contribution in [1.29, 1.82) is 0 Å². The molecule has 1 aromatic heterocycles. The summed E-state index contributed by atoms with van der Waals surface area (Å²) in [4.78, 5) is 4.87. The second-order valence-electron chi connectivity index (χ2n) is 20.4. The highest BCUT2D eigenvalue weighted by Crippen LogP contribution is 2.66. The zero-order valence-electron chi connectivity index (χ0n) is 40.6. The summed E-state index contributed by atoms with van der Waals surface area (Å²) >= 11 is 0. The average molecular weight is 933 g/mol. The van der Waals surface area contributed by atoms with Gasteiger partial charge in [0.25, 0.3) is 0 Å². The molecule has 0 saturated heterocycles. The Morgan fingerprint density at radius 1 is 0.370 bits per heavy atom. The number of benzene rings is 11. The predicted octanol–water partition coefficient (Wildman–Crippen LogP) is 18.8. The Balaban J connectivity index is 0.939. The molecular weight excluding hydrogens is 885 g/mol. The van der Waals surface area contributed by atoms with Crippen molar-refractivity contribution in [3.63, 3.8) is 0 Å². The van der Waals surface area contributed by atoms with Gasteiger partial charge in [-0.25, -0.2) is 0 Å². The molecule has 0 radical (unpaired) electrons. The molecule has 1 unspecified atom stereocenters. The van der Waals surface area contributed by atoms with E-state index in [1.54, 1.807) is 0 Å². The number of furan rings is 1.